The number of benzene rings is 2. The first-order chi connectivity index (χ1) is 12.0. The van der Waals surface area contributed by atoms with Crippen LogP contribution in [0, 0.1) is 0 Å². The van der Waals surface area contributed by atoms with E-state index in [-0.39, 0.29) is 12.5 Å². The third-order valence-electron chi connectivity index (χ3n) is 4.17. The van der Waals surface area contributed by atoms with Crippen molar-refractivity contribution in [3.63, 3.8) is 0 Å². The van der Waals surface area contributed by atoms with Gasteiger partial charge in [0.05, 0.1) is 18.8 Å². The summed E-state index contributed by atoms with van der Waals surface area (Å²) in [5.74, 6) is 0.328. The molecule has 0 saturated carbocycles. The molecule has 25 heavy (non-hydrogen) atoms. The molecule has 3 rings (SSSR count). The van der Waals surface area contributed by atoms with Crippen molar-refractivity contribution in [3.05, 3.63) is 64.3 Å². The fourth-order valence-electron chi connectivity index (χ4n) is 2.72. The van der Waals surface area contributed by atoms with Crippen LogP contribution in [0.4, 0.5) is 0 Å². The van der Waals surface area contributed by atoms with Crippen LogP contribution < -0.4 is 10.1 Å². The monoisotopic (exact) mass is 402 g/mol. The summed E-state index contributed by atoms with van der Waals surface area (Å²) in [6, 6.07) is 13.0. The molecule has 0 fully saturated rings. The second kappa shape index (κ2) is 7.29. The Bertz CT molecular complexity index is 920. The number of ether oxygens (including phenoxy) is 1. The van der Waals surface area contributed by atoms with Gasteiger partial charge in [-0.1, -0.05) is 6.07 Å². The van der Waals surface area contributed by atoms with Crippen molar-refractivity contribution in [2.75, 3.05) is 13.7 Å². The van der Waals surface area contributed by atoms with E-state index < -0.39 is 6.10 Å². The topological polar surface area (TPSA) is 63.5 Å². The molecule has 6 heteroatoms. The van der Waals surface area contributed by atoms with Crippen LogP contribution in [0.25, 0.3) is 10.9 Å². The summed E-state index contributed by atoms with van der Waals surface area (Å²) < 4.78 is 7.84. The van der Waals surface area contributed by atoms with Crippen molar-refractivity contribution in [1.82, 2.24) is 9.88 Å². The number of methoxy groups -OCH3 is 1. The molecule has 0 bridgehead atoms. The standard InChI is InChI=1S/C19H19BrN2O3/c1-22-8-7-12-9-13(3-6-17(12)22)18(23)11-21-19(24)15-10-14(25-2)4-5-16(15)20/h3-10,18,23H,11H2,1-2H3,(H,21,24)/t18-/m0/s1. The third kappa shape index (κ3) is 3.70. The molecule has 3 aromatic rings. The van der Waals surface area contributed by atoms with Gasteiger partial charge in [0.1, 0.15) is 5.75 Å². The molecule has 0 unspecified atom stereocenters. The zero-order valence-electron chi connectivity index (χ0n) is 14.0. The molecule has 0 aliphatic heterocycles. The fourth-order valence-corrected chi connectivity index (χ4v) is 3.14. The Morgan fingerprint density at radius 2 is 2.08 bits per heavy atom. The van der Waals surface area contributed by atoms with Crippen LogP contribution in [0.2, 0.25) is 0 Å². The Kier molecular flexibility index (Phi) is 5.11. The van der Waals surface area contributed by atoms with E-state index in [4.69, 9.17) is 4.74 Å². The number of amides is 1. The maximum Gasteiger partial charge on any atom is 0.252 e. The van der Waals surface area contributed by atoms with E-state index in [0.717, 1.165) is 16.5 Å². The summed E-state index contributed by atoms with van der Waals surface area (Å²) in [4.78, 5) is 12.4. The first-order valence-corrected chi connectivity index (χ1v) is 8.63. The zero-order chi connectivity index (χ0) is 18.0. The Labute approximate surface area is 154 Å². The fraction of sp³-hybridized carbons (Fsp3) is 0.211. The summed E-state index contributed by atoms with van der Waals surface area (Å²) in [6.45, 7) is 0.126. The van der Waals surface area contributed by atoms with Gasteiger partial charge in [0.2, 0.25) is 0 Å². The van der Waals surface area contributed by atoms with E-state index in [1.807, 2.05) is 42.1 Å². The lowest BCUT2D eigenvalue weighted by molar-refractivity contribution is 0.0915. The Morgan fingerprint density at radius 3 is 2.84 bits per heavy atom. The second-order valence-electron chi connectivity index (χ2n) is 5.82. The van der Waals surface area contributed by atoms with Gasteiger partial charge in [0.25, 0.3) is 5.91 Å². The highest BCUT2D eigenvalue weighted by Crippen LogP contribution is 2.23. The van der Waals surface area contributed by atoms with E-state index in [1.54, 1.807) is 25.3 Å². The molecule has 1 atom stereocenters. The van der Waals surface area contributed by atoms with E-state index in [2.05, 4.69) is 21.2 Å². The first kappa shape index (κ1) is 17.5. The molecule has 2 N–H and O–H groups in total. The Hall–Kier alpha value is -2.31. The Morgan fingerprint density at radius 1 is 1.28 bits per heavy atom. The van der Waals surface area contributed by atoms with Gasteiger partial charge in [0, 0.05) is 29.8 Å². The molecule has 1 heterocycles. The number of fused-ring (bicyclic) bond motifs is 1. The van der Waals surface area contributed by atoms with Crippen molar-refractivity contribution in [1.29, 1.82) is 0 Å². The summed E-state index contributed by atoms with van der Waals surface area (Å²) in [5, 5.41) is 14.2. The lowest BCUT2D eigenvalue weighted by atomic mass is 10.1. The maximum atomic E-state index is 12.4. The molecule has 5 nitrogen and oxygen atoms in total. The van der Waals surface area contributed by atoms with E-state index in [1.165, 1.54) is 0 Å². The average molecular weight is 403 g/mol. The molecule has 1 aromatic heterocycles. The van der Waals surface area contributed by atoms with Crippen molar-refractivity contribution in [2.45, 2.75) is 6.10 Å². The molecule has 2 aromatic carbocycles. The smallest absolute Gasteiger partial charge is 0.252 e. The van der Waals surface area contributed by atoms with Gasteiger partial charge in [-0.15, -0.1) is 0 Å². The van der Waals surface area contributed by atoms with Gasteiger partial charge in [-0.25, -0.2) is 0 Å². The van der Waals surface area contributed by atoms with Crippen molar-refractivity contribution < 1.29 is 14.6 Å². The van der Waals surface area contributed by atoms with Crippen LogP contribution in [0.3, 0.4) is 0 Å². The molecule has 0 aliphatic carbocycles. The normalized spacial score (nSPS) is 12.2. The number of aliphatic hydroxyl groups is 1. The number of carbonyl (C=O) groups is 1. The summed E-state index contributed by atoms with van der Waals surface area (Å²) in [7, 11) is 3.53. The number of halogens is 1. The number of hydrogen-bond donors (Lipinski definition) is 2. The zero-order valence-corrected chi connectivity index (χ0v) is 15.6. The molecule has 0 spiro atoms. The minimum atomic E-state index is -0.780. The molecular weight excluding hydrogens is 384 g/mol. The predicted molar refractivity (Wildman–Crippen MR) is 101 cm³/mol. The van der Waals surface area contributed by atoms with Crippen molar-refractivity contribution in [3.8, 4) is 5.75 Å². The lowest BCUT2D eigenvalue weighted by Gasteiger charge is -2.14. The quantitative estimate of drug-likeness (QED) is 0.687. The molecule has 0 aliphatic rings. The molecule has 130 valence electrons. The van der Waals surface area contributed by atoms with Crippen LogP contribution in [0.15, 0.2) is 53.1 Å². The van der Waals surface area contributed by atoms with E-state index in [9.17, 15) is 9.90 Å². The van der Waals surface area contributed by atoms with Gasteiger partial charge in [-0.3, -0.25) is 4.79 Å². The highest BCUT2D eigenvalue weighted by Gasteiger charge is 2.14. The number of carbonyl (C=O) groups excluding carboxylic acids is 1. The largest absolute Gasteiger partial charge is 0.497 e. The van der Waals surface area contributed by atoms with Crippen LogP contribution in [-0.4, -0.2) is 29.2 Å². The molecule has 0 saturated heterocycles. The molecule has 0 radical (unpaired) electrons. The number of rotatable bonds is 5. The van der Waals surface area contributed by atoms with Crippen LogP contribution in [0.1, 0.15) is 22.0 Å². The number of aromatic nitrogens is 1. The van der Waals surface area contributed by atoms with Crippen LogP contribution in [-0.2, 0) is 7.05 Å². The minimum Gasteiger partial charge on any atom is -0.497 e. The third-order valence-corrected chi connectivity index (χ3v) is 4.86. The summed E-state index contributed by atoms with van der Waals surface area (Å²) in [5.41, 5.74) is 2.33. The second-order valence-corrected chi connectivity index (χ2v) is 6.67. The van der Waals surface area contributed by atoms with Crippen LogP contribution in [0.5, 0.6) is 5.75 Å². The SMILES string of the molecule is COc1ccc(Br)c(C(=O)NC[C@H](O)c2ccc3c(ccn3C)c2)c1. The van der Waals surface area contributed by atoms with Crippen molar-refractivity contribution >= 4 is 32.7 Å². The Balaban J connectivity index is 1.70. The van der Waals surface area contributed by atoms with Gasteiger partial charge in [0.15, 0.2) is 0 Å². The minimum absolute atomic E-state index is 0.126. The first-order valence-electron chi connectivity index (χ1n) is 7.84. The van der Waals surface area contributed by atoms with Gasteiger partial charge in [-0.2, -0.15) is 0 Å². The summed E-state index contributed by atoms with van der Waals surface area (Å²) >= 11 is 3.36. The van der Waals surface area contributed by atoms with Gasteiger partial charge in [-0.05, 0) is 63.3 Å². The predicted octanol–water partition coefficient (Wildman–Crippen LogP) is 3.41. The summed E-state index contributed by atoms with van der Waals surface area (Å²) in [6.07, 6.45) is 1.20. The molecule has 1 amide bonds. The average Bonchev–Trinajstić information content (AvgIpc) is 3.00. The van der Waals surface area contributed by atoms with Crippen LogP contribution >= 0.6 is 15.9 Å². The van der Waals surface area contributed by atoms with Crippen molar-refractivity contribution in [2.24, 2.45) is 7.05 Å². The number of nitrogens with one attached hydrogen (secondary N) is 1. The van der Waals surface area contributed by atoms with Gasteiger partial charge >= 0.3 is 0 Å². The number of aliphatic hydroxyl groups excluding tert-OH is 1. The number of nitrogens with zero attached hydrogens (tertiary/aromatic N) is 1. The van der Waals surface area contributed by atoms with Gasteiger partial charge < -0.3 is 19.7 Å². The number of hydrogen-bond acceptors (Lipinski definition) is 3. The number of aryl methyl sites for hydroxylation is 1. The lowest BCUT2D eigenvalue weighted by Crippen LogP contribution is -2.28. The van der Waals surface area contributed by atoms with E-state index in [0.29, 0.717) is 15.8 Å². The van der Waals surface area contributed by atoms with E-state index >= 15 is 0 Å². The maximum absolute atomic E-state index is 12.4. The molecular formula is C19H19BrN2O3. The highest BCUT2D eigenvalue weighted by atomic mass is 79.9. The highest BCUT2D eigenvalue weighted by molar-refractivity contribution is 9.10.